The number of likely N-dealkylation sites (tertiary alicyclic amines) is 1. The first kappa shape index (κ1) is 15.6. The third-order valence-electron chi connectivity index (χ3n) is 4.54. The van der Waals surface area contributed by atoms with Crippen molar-refractivity contribution in [3.63, 3.8) is 0 Å². The van der Waals surface area contributed by atoms with Crippen molar-refractivity contribution in [2.24, 2.45) is 0 Å². The summed E-state index contributed by atoms with van der Waals surface area (Å²) in [5, 5.41) is 9.20. The van der Waals surface area contributed by atoms with Crippen LogP contribution in [0.3, 0.4) is 0 Å². The second-order valence-electron chi connectivity index (χ2n) is 6.01. The minimum absolute atomic E-state index is 0.0118. The maximum absolute atomic E-state index is 13.5. The maximum atomic E-state index is 13.5. The first-order chi connectivity index (χ1) is 11.5. The van der Waals surface area contributed by atoms with Crippen molar-refractivity contribution >= 4 is 34.5 Å². The van der Waals surface area contributed by atoms with E-state index >= 15 is 0 Å². The zero-order valence-corrected chi connectivity index (χ0v) is 14.7. The second kappa shape index (κ2) is 5.83. The number of hydrogen-bond donors (Lipinski definition) is 1. The zero-order chi connectivity index (χ0) is 16.8. The normalized spacial score (nSPS) is 22.2. The smallest absolute Gasteiger partial charge is 0.407 e. The molecule has 2 aliphatic heterocycles. The Morgan fingerprint density at radius 3 is 2.75 bits per heavy atom. The Bertz CT molecular complexity index is 818. The van der Waals surface area contributed by atoms with Gasteiger partial charge in [0.05, 0.1) is 12.1 Å². The maximum Gasteiger partial charge on any atom is 0.407 e. The van der Waals surface area contributed by atoms with Gasteiger partial charge in [-0.1, -0.05) is 12.1 Å². The lowest BCUT2D eigenvalue weighted by molar-refractivity contribution is 0.137. The van der Waals surface area contributed by atoms with Crippen LogP contribution in [-0.4, -0.2) is 51.2 Å². The molecule has 0 aliphatic carbocycles. The van der Waals surface area contributed by atoms with Gasteiger partial charge in [-0.25, -0.2) is 19.2 Å². The van der Waals surface area contributed by atoms with Crippen LogP contribution in [0.25, 0.3) is 11.4 Å². The number of halogens is 2. The number of anilines is 1. The summed E-state index contributed by atoms with van der Waals surface area (Å²) < 4.78 is 14.2. The van der Waals surface area contributed by atoms with Crippen LogP contribution in [0.15, 0.2) is 30.3 Å². The SMILES string of the molecule is O=C(O)N1C[C@@H]2C[C@H]1CN2c1cc(I)nc(-c2cccc(F)c2)n1. The number of hydrogen-bond acceptors (Lipinski definition) is 4. The molecule has 0 radical (unpaired) electrons. The van der Waals surface area contributed by atoms with Gasteiger partial charge in [0, 0.05) is 24.7 Å². The molecule has 2 aliphatic rings. The van der Waals surface area contributed by atoms with Crippen LogP contribution in [0.4, 0.5) is 15.0 Å². The van der Waals surface area contributed by atoms with Crippen LogP contribution in [0.5, 0.6) is 0 Å². The number of carbonyl (C=O) groups is 1. The van der Waals surface area contributed by atoms with E-state index in [1.165, 1.54) is 17.0 Å². The lowest BCUT2D eigenvalue weighted by Crippen LogP contribution is -2.48. The van der Waals surface area contributed by atoms with Crippen molar-refractivity contribution in [1.82, 2.24) is 14.9 Å². The van der Waals surface area contributed by atoms with Gasteiger partial charge in [0.2, 0.25) is 0 Å². The van der Waals surface area contributed by atoms with Gasteiger partial charge in [0.25, 0.3) is 0 Å². The molecule has 0 spiro atoms. The number of piperazine rings is 1. The van der Waals surface area contributed by atoms with E-state index in [1.807, 2.05) is 6.07 Å². The van der Waals surface area contributed by atoms with E-state index < -0.39 is 6.09 Å². The number of carboxylic acid groups (broad SMARTS) is 1. The fourth-order valence-corrected chi connectivity index (χ4v) is 4.00. The van der Waals surface area contributed by atoms with Crippen LogP contribution in [-0.2, 0) is 0 Å². The predicted octanol–water partition coefficient (Wildman–Crippen LogP) is 2.83. The topological polar surface area (TPSA) is 69.6 Å². The lowest BCUT2D eigenvalue weighted by atomic mass is 10.2. The van der Waals surface area contributed by atoms with E-state index in [1.54, 1.807) is 12.1 Å². The Labute approximate surface area is 151 Å². The Balaban J connectivity index is 1.65. The standard InChI is InChI=1S/C16H14FIN4O2/c17-10-3-1-2-9(4-10)15-19-13(18)6-14(20-15)21-7-12-5-11(21)8-22(12)16(23)24/h1-4,6,11-12H,5,7-8H2,(H,23,24)/t11-,12-/m0/s1. The summed E-state index contributed by atoms with van der Waals surface area (Å²) in [6, 6.07) is 8.25. The zero-order valence-electron chi connectivity index (χ0n) is 12.6. The summed E-state index contributed by atoms with van der Waals surface area (Å²) in [5.74, 6) is 0.925. The number of aromatic nitrogens is 2. The molecule has 2 atom stereocenters. The number of benzene rings is 1. The van der Waals surface area contributed by atoms with E-state index in [4.69, 9.17) is 0 Å². The number of amides is 1. The quantitative estimate of drug-likeness (QED) is 0.575. The van der Waals surface area contributed by atoms with Crippen LogP contribution in [0.1, 0.15) is 6.42 Å². The lowest BCUT2D eigenvalue weighted by Gasteiger charge is -2.33. The molecule has 3 heterocycles. The minimum Gasteiger partial charge on any atom is -0.465 e. The Kier molecular flexibility index (Phi) is 3.78. The molecular weight excluding hydrogens is 426 g/mol. The molecule has 24 heavy (non-hydrogen) atoms. The van der Waals surface area contributed by atoms with E-state index in [9.17, 15) is 14.3 Å². The highest BCUT2D eigenvalue weighted by Crippen LogP contribution is 2.34. The molecule has 2 fully saturated rings. The highest BCUT2D eigenvalue weighted by Gasteiger charge is 2.46. The first-order valence-corrected chi connectivity index (χ1v) is 8.66. The van der Waals surface area contributed by atoms with E-state index in [0.717, 1.165) is 15.9 Å². The number of fused-ring (bicyclic) bond motifs is 2. The van der Waals surface area contributed by atoms with Gasteiger partial charge in [0.1, 0.15) is 15.3 Å². The number of rotatable bonds is 2. The van der Waals surface area contributed by atoms with Gasteiger partial charge in [-0.05, 0) is 41.1 Å². The van der Waals surface area contributed by atoms with Crippen molar-refractivity contribution in [3.05, 3.63) is 39.8 Å². The molecule has 1 N–H and O–H groups in total. The van der Waals surface area contributed by atoms with Crippen molar-refractivity contribution in [3.8, 4) is 11.4 Å². The molecule has 6 nitrogen and oxygen atoms in total. The van der Waals surface area contributed by atoms with Crippen LogP contribution < -0.4 is 4.90 Å². The number of nitrogens with zero attached hydrogens (tertiary/aromatic N) is 4. The largest absolute Gasteiger partial charge is 0.465 e. The molecule has 1 aromatic carbocycles. The van der Waals surface area contributed by atoms with Crippen molar-refractivity contribution in [2.75, 3.05) is 18.0 Å². The third kappa shape index (κ3) is 2.68. The molecule has 2 aromatic rings. The van der Waals surface area contributed by atoms with Crippen LogP contribution in [0, 0.1) is 9.52 Å². The van der Waals surface area contributed by atoms with Crippen molar-refractivity contribution < 1.29 is 14.3 Å². The van der Waals surface area contributed by atoms with Crippen LogP contribution in [0.2, 0.25) is 0 Å². The van der Waals surface area contributed by atoms with Gasteiger partial charge < -0.3 is 14.9 Å². The average molecular weight is 440 g/mol. The Morgan fingerprint density at radius 1 is 1.25 bits per heavy atom. The Hall–Kier alpha value is -1.97. The molecule has 2 saturated heterocycles. The minimum atomic E-state index is -0.861. The molecule has 1 aromatic heterocycles. The van der Waals surface area contributed by atoms with E-state index in [2.05, 4.69) is 37.5 Å². The summed E-state index contributed by atoms with van der Waals surface area (Å²) in [5.41, 5.74) is 0.631. The first-order valence-electron chi connectivity index (χ1n) is 7.58. The van der Waals surface area contributed by atoms with Crippen molar-refractivity contribution in [1.29, 1.82) is 0 Å². The highest BCUT2D eigenvalue weighted by atomic mass is 127. The second-order valence-corrected chi connectivity index (χ2v) is 7.12. The fraction of sp³-hybridized carbons (Fsp3) is 0.312. The van der Waals surface area contributed by atoms with Gasteiger partial charge >= 0.3 is 6.09 Å². The van der Waals surface area contributed by atoms with Crippen molar-refractivity contribution in [2.45, 2.75) is 18.5 Å². The molecule has 124 valence electrons. The van der Waals surface area contributed by atoms with Gasteiger partial charge in [0.15, 0.2) is 5.82 Å². The Morgan fingerprint density at radius 2 is 2.08 bits per heavy atom. The predicted molar refractivity (Wildman–Crippen MR) is 94.4 cm³/mol. The molecular formula is C16H14FIN4O2. The summed E-state index contributed by atoms with van der Waals surface area (Å²) in [7, 11) is 0. The monoisotopic (exact) mass is 440 g/mol. The molecule has 0 unspecified atom stereocenters. The molecule has 4 rings (SSSR count). The molecule has 8 heteroatoms. The highest BCUT2D eigenvalue weighted by molar-refractivity contribution is 14.1. The summed E-state index contributed by atoms with van der Waals surface area (Å²) >= 11 is 2.12. The fourth-order valence-electron chi connectivity index (χ4n) is 3.49. The van der Waals surface area contributed by atoms with E-state index in [0.29, 0.717) is 24.5 Å². The van der Waals surface area contributed by atoms with Gasteiger partial charge in [-0.2, -0.15) is 0 Å². The molecule has 0 saturated carbocycles. The average Bonchev–Trinajstić information content (AvgIpc) is 3.15. The van der Waals surface area contributed by atoms with Crippen LogP contribution >= 0.6 is 22.6 Å². The summed E-state index contributed by atoms with van der Waals surface area (Å²) in [6.07, 6.45) is -0.0396. The van der Waals surface area contributed by atoms with Gasteiger partial charge in [-0.15, -0.1) is 0 Å². The van der Waals surface area contributed by atoms with Gasteiger partial charge in [-0.3, -0.25) is 0 Å². The summed E-state index contributed by atoms with van der Waals surface area (Å²) in [6.45, 7) is 1.13. The van der Waals surface area contributed by atoms with E-state index in [-0.39, 0.29) is 17.9 Å². The summed E-state index contributed by atoms with van der Waals surface area (Å²) in [4.78, 5) is 23.8. The molecule has 2 bridgehead atoms. The third-order valence-corrected chi connectivity index (χ3v) is 5.10. The molecule has 1 amide bonds.